The lowest BCUT2D eigenvalue weighted by molar-refractivity contribution is -0.123. The molecule has 1 aromatic carbocycles. The van der Waals surface area contributed by atoms with E-state index in [1.165, 1.54) is 12.3 Å². The van der Waals surface area contributed by atoms with Gasteiger partial charge in [-0.1, -0.05) is 19.1 Å². The molecule has 0 saturated heterocycles. The maximum atomic E-state index is 11.9. The minimum Gasteiger partial charge on any atom is -0.452 e. The zero-order chi connectivity index (χ0) is 16.5. The average Bonchev–Trinajstić information content (AvgIpc) is 2.50. The van der Waals surface area contributed by atoms with Gasteiger partial charge in [0.15, 0.2) is 6.61 Å². The predicted molar refractivity (Wildman–Crippen MR) is 80.9 cm³/mol. The summed E-state index contributed by atoms with van der Waals surface area (Å²) in [6.45, 7) is 1.72. The third-order valence-corrected chi connectivity index (χ3v) is 3.51. The molecule has 2 N–H and O–H groups in total. The number of rotatable bonds is 6. The first-order valence-corrected chi connectivity index (χ1v) is 8.18. The van der Waals surface area contributed by atoms with Gasteiger partial charge in [0.2, 0.25) is 0 Å². The molecule has 120 valence electrons. The minimum absolute atomic E-state index is 0.131. The zero-order valence-corrected chi connectivity index (χ0v) is 13.2. The minimum atomic E-state index is -1.35. The van der Waals surface area contributed by atoms with Crippen LogP contribution in [0.3, 0.4) is 0 Å². The van der Waals surface area contributed by atoms with Gasteiger partial charge in [-0.3, -0.25) is 14.3 Å². The molecule has 0 radical (unpaired) electrons. The van der Waals surface area contributed by atoms with Gasteiger partial charge >= 0.3 is 12.0 Å². The first kappa shape index (κ1) is 17.8. The van der Waals surface area contributed by atoms with Crippen molar-refractivity contribution in [2.75, 3.05) is 19.4 Å². The fraction of sp³-hybridized carbons (Fsp3) is 0.357. The Morgan fingerprint density at radius 1 is 1.23 bits per heavy atom. The van der Waals surface area contributed by atoms with Gasteiger partial charge in [0.05, 0.1) is 21.3 Å². The van der Waals surface area contributed by atoms with Crippen LogP contribution in [0.15, 0.2) is 29.2 Å². The van der Waals surface area contributed by atoms with E-state index < -0.39 is 35.3 Å². The molecule has 0 bridgehead atoms. The highest BCUT2D eigenvalue weighted by molar-refractivity contribution is 7.84. The number of carbonyl (C=O) groups excluding carboxylic acids is 3. The van der Waals surface area contributed by atoms with E-state index in [9.17, 15) is 18.6 Å². The van der Waals surface area contributed by atoms with Crippen molar-refractivity contribution in [3.05, 3.63) is 29.8 Å². The summed E-state index contributed by atoms with van der Waals surface area (Å²) in [7, 11) is -1.35. The van der Waals surface area contributed by atoms with Crippen molar-refractivity contribution in [3.8, 4) is 0 Å². The topological polar surface area (TPSA) is 102 Å². The molecule has 0 heterocycles. The molecule has 1 atom stereocenters. The van der Waals surface area contributed by atoms with Crippen LogP contribution in [0, 0.1) is 0 Å². The number of ether oxygens (including phenoxy) is 1. The molecule has 0 saturated carbocycles. The van der Waals surface area contributed by atoms with Gasteiger partial charge in [-0.15, -0.1) is 0 Å². The van der Waals surface area contributed by atoms with Crippen LogP contribution in [0.1, 0.15) is 23.7 Å². The van der Waals surface area contributed by atoms with Crippen LogP contribution in [-0.4, -0.2) is 41.5 Å². The first-order chi connectivity index (χ1) is 10.5. The van der Waals surface area contributed by atoms with E-state index in [-0.39, 0.29) is 5.56 Å². The molecular formula is C14H18N2O5S. The van der Waals surface area contributed by atoms with E-state index in [1.54, 1.807) is 18.2 Å². The van der Waals surface area contributed by atoms with Gasteiger partial charge in [0, 0.05) is 12.8 Å². The van der Waals surface area contributed by atoms with Crippen molar-refractivity contribution >= 4 is 28.7 Å². The molecule has 0 aliphatic heterocycles. The Morgan fingerprint density at radius 2 is 1.91 bits per heavy atom. The van der Waals surface area contributed by atoms with Gasteiger partial charge in [0.1, 0.15) is 0 Å². The fourth-order valence-corrected chi connectivity index (χ4v) is 2.27. The van der Waals surface area contributed by atoms with Crippen LogP contribution >= 0.6 is 0 Å². The molecule has 0 fully saturated rings. The Bertz CT molecular complexity index is 588. The highest BCUT2D eigenvalue weighted by Gasteiger charge is 2.16. The SMILES string of the molecule is CCCNC(=O)NC(=O)COC(=O)c1ccccc1[S@@](C)=O. The number of urea groups is 1. The van der Waals surface area contributed by atoms with Gasteiger partial charge in [-0.2, -0.15) is 0 Å². The molecule has 0 spiro atoms. The Balaban J connectivity index is 2.55. The van der Waals surface area contributed by atoms with Crippen LogP contribution < -0.4 is 10.6 Å². The summed E-state index contributed by atoms with van der Waals surface area (Å²) in [6.07, 6.45) is 2.18. The fourth-order valence-electron chi connectivity index (χ4n) is 1.54. The third kappa shape index (κ3) is 5.65. The number of imide groups is 1. The molecule has 1 rings (SSSR count). The number of nitrogens with one attached hydrogen (secondary N) is 2. The van der Waals surface area contributed by atoms with Crippen LogP contribution in [-0.2, 0) is 20.3 Å². The summed E-state index contributed by atoms with van der Waals surface area (Å²) in [6, 6.07) is 5.62. The van der Waals surface area contributed by atoms with Gasteiger partial charge in [-0.25, -0.2) is 9.59 Å². The Hall–Kier alpha value is -2.22. The molecule has 3 amide bonds. The summed E-state index contributed by atoms with van der Waals surface area (Å²) in [5.74, 6) is -1.51. The van der Waals surface area contributed by atoms with Gasteiger partial charge < -0.3 is 10.1 Å². The second-order valence-corrected chi connectivity index (χ2v) is 5.68. The van der Waals surface area contributed by atoms with E-state index >= 15 is 0 Å². The molecule has 0 aromatic heterocycles. The van der Waals surface area contributed by atoms with Crippen LogP contribution in [0.25, 0.3) is 0 Å². The zero-order valence-electron chi connectivity index (χ0n) is 12.4. The summed E-state index contributed by atoms with van der Waals surface area (Å²) in [5, 5.41) is 4.49. The van der Waals surface area contributed by atoms with E-state index in [4.69, 9.17) is 4.74 Å². The summed E-state index contributed by atoms with van der Waals surface area (Å²) < 4.78 is 16.3. The van der Waals surface area contributed by atoms with Gasteiger partial charge in [0.25, 0.3) is 5.91 Å². The largest absolute Gasteiger partial charge is 0.452 e. The first-order valence-electron chi connectivity index (χ1n) is 6.63. The van der Waals surface area contributed by atoms with E-state index in [2.05, 4.69) is 5.32 Å². The number of carbonyl (C=O) groups is 3. The number of benzene rings is 1. The molecule has 0 unspecified atom stereocenters. The van der Waals surface area contributed by atoms with Crippen molar-refractivity contribution in [3.63, 3.8) is 0 Å². The second kappa shape index (κ2) is 8.93. The number of amides is 3. The average molecular weight is 326 g/mol. The van der Waals surface area contributed by atoms with E-state index in [0.717, 1.165) is 6.42 Å². The molecule has 0 aliphatic rings. The lowest BCUT2D eigenvalue weighted by Gasteiger charge is -2.08. The lowest BCUT2D eigenvalue weighted by atomic mass is 10.2. The third-order valence-electron chi connectivity index (χ3n) is 2.54. The van der Waals surface area contributed by atoms with Crippen LogP contribution in [0.5, 0.6) is 0 Å². The molecule has 0 aliphatic carbocycles. The molecule has 22 heavy (non-hydrogen) atoms. The van der Waals surface area contributed by atoms with Crippen molar-refractivity contribution in [2.45, 2.75) is 18.2 Å². The van der Waals surface area contributed by atoms with E-state index in [1.807, 2.05) is 12.2 Å². The summed E-state index contributed by atoms with van der Waals surface area (Å²) in [4.78, 5) is 34.9. The maximum absolute atomic E-state index is 11.9. The summed E-state index contributed by atoms with van der Waals surface area (Å²) in [5.41, 5.74) is 0.131. The molecule has 1 aromatic rings. The number of hydrogen-bond donors (Lipinski definition) is 2. The van der Waals surface area contributed by atoms with Gasteiger partial charge in [-0.05, 0) is 18.6 Å². The van der Waals surface area contributed by atoms with Crippen molar-refractivity contribution in [2.24, 2.45) is 0 Å². The highest BCUT2D eigenvalue weighted by Crippen LogP contribution is 2.13. The van der Waals surface area contributed by atoms with Crippen molar-refractivity contribution in [1.82, 2.24) is 10.6 Å². The summed E-state index contributed by atoms with van der Waals surface area (Å²) >= 11 is 0. The van der Waals surface area contributed by atoms with Crippen LogP contribution in [0.4, 0.5) is 4.79 Å². The normalized spacial score (nSPS) is 11.4. The van der Waals surface area contributed by atoms with Crippen LogP contribution in [0.2, 0.25) is 0 Å². The Kier molecular flexibility index (Phi) is 7.24. The molecule has 8 heteroatoms. The molecule has 7 nitrogen and oxygen atoms in total. The standard InChI is InChI=1S/C14H18N2O5S/c1-3-8-15-14(19)16-12(17)9-21-13(18)10-6-4-5-7-11(10)22(2)20/h4-7H,3,8-9H2,1-2H3,(H2,15,16,17,19)/t22-/m1/s1. The predicted octanol–water partition coefficient (Wildman–Crippen LogP) is 0.817. The lowest BCUT2D eigenvalue weighted by Crippen LogP contribution is -2.41. The number of esters is 1. The monoisotopic (exact) mass is 326 g/mol. The Morgan fingerprint density at radius 3 is 2.55 bits per heavy atom. The Labute approximate surface area is 130 Å². The second-order valence-electron chi connectivity index (χ2n) is 4.33. The highest BCUT2D eigenvalue weighted by atomic mass is 32.2. The number of hydrogen-bond acceptors (Lipinski definition) is 5. The van der Waals surface area contributed by atoms with Crippen molar-refractivity contribution < 1.29 is 23.3 Å². The molecular weight excluding hydrogens is 308 g/mol. The smallest absolute Gasteiger partial charge is 0.339 e. The van der Waals surface area contributed by atoms with Crippen molar-refractivity contribution in [1.29, 1.82) is 0 Å². The quantitative estimate of drug-likeness (QED) is 0.754. The van der Waals surface area contributed by atoms with E-state index in [0.29, 0.717) is 11.4 Å². The maximum Gasteiger partial charge on any atom is 0.339 e.